The third kappa shape index (κ3) is 2.69. The Morgan fingerprint density at radius 3 is 3.00 bits per heavy atom. The maximum Gasteiger partial charge on any atom is 0.257 e. The van der Waals surface area contributed by atoms with Gasteiger partial charge in [0.1, 0.15) is 0 Å². The van der Waals surface area contributed by atoms with Gasteiger partial charge >= 0.3 is 0 Å². The lowest BCUT2D eigenvalue weighted by molar-refractivity contribution is 0.0729. The number of nitrogens with zero attached hydrogens (tertiary/aromatic N) is 3. The van der Waals surface area contributed by atoms with Crippen LogP contribution in [-0.4, -0.2) is 39.1 Å². The second-order valence-electron chi connectivity index (χ2n) is 4.93. The number of carbonyl (C=O) groups excluding carboxylic acids is 1. The molecule has 0 saturated carbocycles. The molecule has 1 saturated heterocycles. The van der Waals surface area contributed by atoms with E-state index in [0.29, 0.717) is 11.9 Å². The van der Waals surface area contributed by atoms with Crippen molar-refractivity contribution in [3.05, 3.63) is 17.5 Å². The van der Waals surface area contributed by atoms with Crippen LogP contribution in [0.2, 0.25) is 0 Å². The molecule has 1 aromatic rings. The van der Waals surface area contributed by atoms with Gasteiger partial charge in [0.15, 0.2) is 0 Å². The Morgan fingerprint density at radius 1 is 1.61 bits per heavy atom. The fourth-order valence-electron chi connectivity index (χ4n) is 2.68. The second-order valence-corrected chi connectivity index (χ2v) is 5.31. The lowest BCUT2D eigenvalue weighted by Gasteiger charge is -2.24. The molecule has 1 aromatic heterocycles. The molecule has 100 valence electrons. The number of carbonyl (C=O) groups is 1. The molecule has 5 heteroatoms. The van der Waals surface area contributed by atoms with E-state index in [-0.39, 0.29) is 5.91 Å². The summed E-state index contributed by atoms with van der Waals surface area (Å²) < 4.78 is 1.70. The molecule has 0 radical (unpaired) electrons. The van der Waals surface area contributed by atoms with Crippen molar-refractivity contribution >= 4 is 17.5 Å². The highest BCUT2D eigenvalue weighted by Gasteiger charge is 2.30. The number of alkyl halides is 1. The van der Waals surface area contributed by atoms with Crippen LogP contribution in [0.15, 0.2) is 6.20 Å². The molecule has 0 N–H and O–H groups in total. The molecule has 1 aliphatic heterocycles. The summed E-state index contributed by atoms with van der Waals surface area (Å²) in [4.78, 5) is 14.5. The topological polar surface area (TPSA) is 38.1 Å². The third-order valence-electron chi connectivity index (χ3n) is 3.55. The first-order chi connectivity index (χ1) is 8.63. The predicted molar refractivity (Wildman–Crippen MR) is 72.0 cm³/mol. The number of hydrogen-bond donors (Lipinski definition) is 0. The average Bonchev–Trinajstić information content (AvgIpc) is 2.92. The van der Waals surface area contributed by atoms with Crippen molar-refractivity contribution in [2.45, 2.75) is 38.6 Å². The van der Waals surface area contributed by atoms with E-state index in [0.717, 1.165) is 43.5 Å². The molecule has 1 amide bonds. The van der Waals surface area contributed by atoms with Crippen molar-refractivity contribution in [3.63, 3.8) is 0 Å². The molecule has 1 atom stereocenters. The summed E-state index contributed by atoms with van der Waals surface area (Å²) in [6.45, 7) is 2.75. The van der Waals surface area contributed by atoms with Crippen molar-refractivity contribution in [3.8, 4) is 0 Å². The number of hydrogen-bond acceptors (Lipinski definition) is 2. The number of aryl methyl sites for hydroxylation is 2. The van der Waals surface area contributed by atoms with E-state index in [1.54, 1.807) is 4.68 Å². The first kappa shape index (κ1) is 13.4. The minimum absolute atomic E-state index is 0.123. The van der Waals surface area contributed by atoms with Gasteiger partial charge in [-0.15, -0.1) is 11.6 Å². The molecule has 0 spiro atoms. The highest BCUT2D eigenvalue weighted by molar-refractivity contribution is 6.17. The monoisotopic (exact) mass is 269 g/mol. The molecular formula is C13H20ClN3O. The van der Waals surface area contributed by atoms with Gasteiger partial charge in [0, 0.05) is 31.7 Å². The van der Waals surface area contributed by atoms with E-state index < -0.39 is 0 Å². The molecular weight excluding hydrogens is 250 g/mol. The molecule has 0 aromatic carbocycles. The quantitative estimate of drug-likeness (QED) is 0.787. The normalized spacial score (nSPS) is 19.5. The van der Waals surface area contributed by atoms with Crippen molar-refractivity contribution in [1.82, 2.24) is 14.7 Å². The number of halogens is 1. The zero-order chi connectivity index (χ0) is 13.1. The fourth-order valence-corrected chi connectivity index (χ4v) is 2.83. The molecule has 1 aliphatic rings. The highest BCUT2D eigenvalue weighted by Crippen LogP contribution is 2.24. The third-order valence-corrected chi connectivity index (χ3v) is 3.82. The van der Waals surface area contributed by atoms with Crippen LogP contribution >= 0.6 is 11.6 Å². The van der Waals surface area contributed by atoms with Gasteiger partial charge in [-0.25, -0.2) is 0 Å². The Morgan fingerprint density at radius 2 is 2.39 bits per heavy atom. The molecule has 1 unspecified atom stereocenters. The van der Waals surface area contributed by atoms with E-state index in [2.05, 4.69) is 5.10 Å². The zero-order valence-corrected chi connectivity index (χ0v) is 11.8. The zero-order valence-electron chi connectivity index (χ0n) is 11.0. The van der Waals surface area contributed by atoms with Crippen LogP contribution in [0.3, 0.4) is 0 Å². The smallest absolute Gasteiger partial charge is 0.257 e. The summed E-state index contributed by atoms with van der Waals surface area (Å²) in [7, 11) is 1.85. The van der Waals surface area contributed by atoms with Crippen molar-refractivity contribution < 1.29 is 4.79 Å². The van der Waals surface area contributed by atoms with Crippen LogP contribution in [-0.2, 0) is 7.05 Å². The summed E-state index contributed by atoms with van der Waals surface area (Å²) in [5.74, 6) is 0.794. The summed E-state index contributed by atoms with van der Waals surface area (Å²) in [5, 5.41) is 4.24. The minimum atomic E-state index is 0.123. The van der Waals surface area contributed by atoms with Gasteiger partial charge in [-0.2, -0.15) is 5.10 Å². The van der Waals surface area contributed by atoms with E-state index in [9.17, 15) is 4.79 Å². The van der Waals surface area contributed by atoms with Crippen molar-refractivity contribution in [1.29, 1.82) is 0 Å². The van der Waals surface area contributed by atoms with Crippen molar-refractivity contribution in [2.75, 3.05) is 12.4 Å². The molecule has 2 heterocycles. The molecule has 0 bridgehead atoms. The Bertz CT molecular complexity index is 430. The molecule has 0 aliphatic carbocycles. The Hall–Kier alpha value is -1.03. The summed E-state index contributed by atoms with van der Waals surface area (Å²) in [5.41, 5.74) is 1.54. The Kier molecular flexibility index (Phi) is 4.27. The second kappa shape index (κ2) is 5.74. The number of amides is 1. The van der Waals surface area contributed by atoms with Gasteiger partial charge in [0.05, 0.1) is 11.3 Å². The predicted octanol–water partition coefficient (Wildman–Crippen LogP) is 2.35. The molecule has 4 nitrogen and oxygen atoms in total. The van der Waals surface area contributed by atoms with Gasteiger partial charge in [0.2, 0.25) is 0 Å². The Balaban J connectivity index is 2.10. The summed E-state index contributed by atoms with van der Waals surface area (Å²) in [6, 6.07) is 0.357. The van der Waals surface area contributed by atoms with Crippen LogP contribution in [0.25, 0.3) is 0 Å². The summed E-state index contributed by atoms with van der Waals surface area (Å²) in [6.07, 6.45) is 5.99. The lowest BCUT2D eigenvalue weighted by Crippen LogP contribution is -2.35. The number of rotatable bonds is 4. The van der Waals surface area contributed by atoms with Crippen LogP contribution < -0.4 is 0 Å². The van der Waals surface area contributed by atoms with Gasteiger partial charge in [-0.1, -0.05) is 0 Å². The largest absolute Gasteiger partial charge is 0.336 e. The van der Waals surface area contributed by atoms with Crippen LogP contribution in [0, 0.1) is 6.92 Å². The SMILES string of the molecule is Cc1nn(C)cc1C(=O)N1CCCC1CCCCl. The number of likely N-dealkylation sites (tertiary alicyclic amines) is 1. The maximum atomic E-state index is 12.5. The van der Waals surface area contributed by atoms with Gasteiger partial charge in [-0.3, -0.25) is 9.48 Å². The van der Waals surface area contributed by atoms with Gasteiger partial charge in [0.25, 0.3) is 5.91 Å². The van der Waals surface area contributed by atoms with Crippen LogP contribution in [0.1, 0.15) is 41.7 Å². The van der Waals surface area contributed by atoms with Gasteiger partial charge in [-0.05, 0) is 32.6 Å². The van der Waals surface area contributed by atoms with Crippen LogP contribution in [0.5, 0.6) is 0 Å². The standard InChI is InChI=1S/C13H20ClN3O/c1-10-12(9-16(2)15-10)13(18)17-8-4-6-11(17)5-3-7-14/h9,11H,3-8H2,1-2H3. The average molecular weight is 270 g/mol. The highest BCUT2D eigenvalue weighted by atomic mass is 35.5. The maximum absolute atomic E-state index is 12.5. The van der Waals surface area contributed by atoms with Gasteiger partial charge < -0.3 is 4.90 Å². The first-order valence-corrected chi connectivity index (χ1v) is 7.04. The lowest BCUT2D eigenvalue weighted by atomic mass is 10.1. The van der Waals surface area contributed by atoms with E-state index in [1.165, 1.54) is 0 Å². The first-order valence-electron chi connectivity index (χ1n) is 6.50. The molecule has 1 fully saturated rings. The molecule has 2 rings (SSSR count). The minimum Gasteiger partial charge on any atom is -0.336 e. The Labute approximate surface area is 113 Å². The summed E-state index contributed by atoms with van der Waals surface area (Å²) >= 11 is 5.74. The molecule has 18 heavy (non-hydrogen) atoms. The number of aromatic nitrogens is 2. The van der Waals surface area contributed by atoms with Crippen LogP contribution in [0.4, 0.5) is 0 Å². The van der Waals surface area contributed by atoms with Crippen molar-refractivity contribution in [2.24, 2.45) is 7.05 Å². The van der Waals surface area contributed by atoms with E-state index in [4.69, 9.17) is 11.6 Å². The van der Waals surface area contributed by atoms with E-state index >= 15 is 0 Å². The fraction of sp³-hybridized carbons (Fsp3) is 0.692. The van der Waals surface area contributed by atoms with E-state index in [1.807, 2.05) is 25.1 Å².